The summed E-state index contributed by atoms with van der Waals surface area (Å²) in [5.74, 6) is -1.23. The number of hydrogen-bond acceptors (Lipinski definition) is 6. The minimum atomic E-state index is -1.02. The number of esters is 1. The average Bonchev–Trinajstić information content (AvgIpc) is 2.43. The van der Waals surface area contributed by atoms with E-state index < -0.39 is 46.0 Å². The van der Waals surface area contributed by atoms with Gasteiger partial charge in [0.1, 0.15) is 0 Å². The Morgan fingerprint density at radius 2 is 2.31 bits per heavy atom. The van der Waals surface area contributed by atoms with Crippen LogP contribution in [0.15, 0.2) is 11.5 Å². The summed E-state index contributed by atoms with van der Waals surface area (Å²) in [6.07, 6.45) is -1.39. The molecule has 7 heteroatoms. The number of aliphatic hydroxyl groups excluding tert-OH is 2. The molecular formula is C6H6IO6-. The van der Waals surface area contributed by atoms with E-state index in [1.54, 1.807) is 0 Å². The molecule has 1 fully saturated rings. The van der Waals surface area contributed by atoms with Crippen molar-refractivity contribution in [2.45, 2.75) is 12.2 Å². The van der Waals surface area contributed by atoms with Crippen molar-refractivity contribution in [2.24, 2.45) is 0 Å². The summed E-state index contributed by atoms with van der Waals surface area (Å²) in [5, 5.41) is 18.0. The first kappa shape index (κ1) is 9.03. The molecule has 2 atom stereocenters. The molecule has 0 aliphatic carbocycles. The fourth-order valence-electron chi connectivity index (χ4n) is 1.05. The van der Waals surface area contributed by atoms with Crippen molar-refractivity contribution in [2.75, 3.05) is 6.61 Å². The Labute approximate surface area is 84.4 Å². The molecule has 0 bridgehead atoms. The van der Waals surface area contributed by atoms with E-state index >= 15 is 0 Å². The molecule has 0 aromatic carbocycles. The van der Waals surface area contributed by atoms with Gasteiger partial charge >= 0.3 is 84.2 Å². The Hall–Kier alpha value is -0.540. The second kappa shape index (κ2) is 3.31. The van der Waals surface area contributed by atoms with Gasteiger partial charge in [-0.1, -0.05) is 0 Å². The maximum absolute atomic E-state index is 10.9. The van der Waals surface area contributed by atoms with Gasteiger partial charge in [0.15, 0.2) is 0 Å². The number of ether oxygens (including phenoxy) is 1. The Bertz CT molecular complexity index is 274. The molecule has 2 rings (SSSR count). The zero-order valence-electron chi connectivity index (χ0n) is 6.27. The molecule has 2 heterocycles. The number of rotatable bonds is 1. The summed E-state index contributed by atoms with van der Waals surface area (Å²) in [7, 11) is 0. The molecule has 0 saturated carbocycles. The molecule has 2 aliphatic heterocycles. The molecule has 74 valence electrons. The van der Waals surface area contributed by atoms with Crippen LogP contribution >= 0.6 is 0 Å². The molecular weight excluding hydrogens is 295 g/mol. The van der Waals surface area contributed by atoms with E-state index in [1.165, 1.54) is 0 Å². The quantitative estimate of drug-likeness (QED) is 0.379. The predicted octanol–water partition coefficient (Wildman–Crippen LogP) is -3.99. The maximum atomic E-state index is 10.9. The van der Waals surface area contributed by atoms with Crippen molar-refractivity contribution in [1.82, 2.24) is 0 Å². The van der Waals surface area contributed by atoms with E-state index in [1.807, 2.05) is 0 Å². The van der Waals surface area contributed by atoms with Crippen molar-refractivity contribution in [3.05, 3.63) is 11.5 Å². The van der Waals surface area contributed by atoms with Crippen LogP contribution in [0, 0.1) is 0 Å². The zero-order chi connectivity index (χ0) is 9.42. The molecule has 0 aromatic heterocycles. The van der Waals surface area contributed by atoms with E-state index in [-0.39, 0.29) is 12.4 Å². The SMILES string of the molecule is O=C1OC2C(=C1O)O[I-]OC2CO. The first-order valence-corrected chi connectivity index (χ1v) is 5.22. The zero-order valence-corrected chi connectivity index (χ0v) is 8.42. The minimum absolute atomic E-state index is 0.100. The molecule has 2 N–H and O–H groups in total. The summed E-state index contributed by atoms with van der Waals surface area (Å²) in [4.78, 5) is 10.9. The summed E-state index contributed by atoms with van der Waals surface area (Å²) in [5.41, 5.74) is 0. The second-order valence-corrected chi connectivity index (χ2v) is 3.80. The molecule has 0 spiro atoms. The van der Waals surface area contributed by atoms with Crippen LogP contribution in [0.25, 0.3) is 0 Å². The standard InChI is InChI=1S/C6H6IO6/c8-1-2-4-5(13-7-12-2)3(9)6(10)11-4/h2,4,8-9H,1H2/q-1. The van der Waals surface area contributed by atoms with Gasteiger partial charge in [0.05, 0.1) is 0 Å². The summed E-state index contributed by atoms with van der Waals surface area (Å²) in [6.45, 7) is -0.266. The van der Waals surface area contributed by atoms with Crippen LogP contribution in [0.5, 0.6) is 0 Å². The van der Waals surface area contributed by atoms with E-state index in [0.29, 0.717) is 0 Å². The van der Waals surface area contributed by atoms with Crippen molar-refractivity contribution >= 4 is 5.97 Å². The Morgan fingerprint density at radius 1 is 1.54 bits per heavy atom. The van der Waals surface area contributed by atoms with Crippen LogP contribution in [0.2, 0.25) is 0 Å². The van der Waals surface area contributed by atoms with Crippen LogP contribution in [0.3, 0.4) is 0 Å². The fraction of sp³-hybridized carbons (Fsp3) is 0.500. The van der Waals surface area contributed by atoms with Crippen molar-refractivity contribution in [3.8, 4) is 0 Å². The van der Waals surface area contributed by atoms with Crippen LogP contribution in [-0.4, -0.2) is 35.0 Å². The Balaban J connectivity index is 2.26. The molecule has 2 aliphatic rings. The van der Waals surface area contributed by atoms with Crippen LogP contribution in [0.4, 0.5) is 0 Å². The van der Waals surface area contributed by atoms with Gasteiger partial charge < -0.3 is 0 Å². The van der Waals surface area contributed by atoms with Gasteiger partial charge in [-0.15, -0.1) is 0 Å². The number of halogens is 1. The first-order valence-electron chi connectivity index (χ1n) is 3.46. The topological polar surface area (TPSA) is 85.2 Å². The Kier molecular flexibility index (Phi) is 2.30. The summed E-state index contributed by atoms with van der Waals surface area (Å²) < 4.78 is 14.8. The summed E-state index contributed by atoms with van der Waals surface area (Å²) in [6, 6.07) is 0. The molecule has 0 radical (unpaired) electrons. The second-order valence-electron chi connectivity index (χ2n) is 2.49. The van der Waals surface area contributed by atoms with Gasteiger partial charge in [-0.05, 0) is 0 Å². The molecule has 2 unspecified atom stereocenters. The molecule has 1 saturated heterocycles. The first-order chi connectivity index (χ1) is 6.24. The average molecular weight is 301 g/mol. The molecule has 6 nitrogen and oxygen atoms in total. The van der Waals surface area contributed by atoms with Crippen molar-refractivity contribution in [1.29, 1.82) is 0 Å². The van der Waals surface area contributed by atoms with Crippen LogP contribution in [-0.2, 0) is 15.7 Å². The van der Waals surface area contributed by atoms with Crippen molar-refractivity contribution < 1.29 is 47.9 Å². The van der Waals surface area contributed by atoms with Gasteiger partial charge in [0.2, 0.25) is 0 Å². The third-order valence-corrected chi connectivity index (χ3v) is 3.22. The van der Waals surface area contributed by atoms with E-state index in [4.69, 9.17) is 21.1 Å². The third kappa shape index (κ3) is 1.36. The van der Waals surface area contributed by atoms with Gasteiger partial charge in [0, 0.05) is 0 Å². The number of aliphatic hydroxyl groups is 2. The third-order valence-electron chi connectivity index (χ3n) is 1.70. The number of carbonyl (C=O) groups is 1. The summed E-state index contributed by atoms with van der Waals surface area (Å²) >= 11 is -1.02. The van der Waals surface area contributed by atoms with E-state index in [0.717, 1.165) is 0 Å². The molecule has 13 heavy (non-hydrogen) atoms. The normalized spacial score (nSPS) is 33.2. The molecule has 0 aromatic rings. The van der Waals surface area contributed by atoms with Crippen molar-refractivity contribution in [3.63, 3.8) is 0 Å². The van der Waals surface area contributed by atoms with Gasteiger partial charge in [0.25, 0.3) is 0 Å². The van der Waals surface area contributed by atoms with Gasteiger partial charge in [-0.2, -0.15) is 0 Å². The van der Waals surface area contributed by atoms with Crippen LogP contribution < -0.4 is 22.0 Å². The van der Waals surface area contributed by atoms with Crippen LogP contribution in [0.1, 0.15) is 0 Å². The molecule has 0 amide bonds. The number of hydrogen-bond donors (Lipinski definition) is 2. The fourth-order valence-corrected chi connectivity index (χ4v) is 2.51. The number of fused-ring (bicyclic) bond motifs is 1. The van der Waals surface area contributed by atoms with E-state index in [9.17, 15) is 4.79 Å². The predicted molar refractivity (Wildman–Crippen MR) is 32.6 cm³/mol. The Morgan fingerprint density at radius 3 is 3.00 bits per heavy atom. The number of carbonyl (C=O) groups excluding carboxylic acids is 1. The monoisotopic (exact) mass is 301 g/mol. The van der Waals surface area contributed by atoms with Gasteiger partial charge in [-0.25, -0.2) is 0 Å². The van der Waals surface area contributed by atoms with E-state index in [2.05, 4.69) is 0 Å². The van der Waals surface area contributed by atoms with Gasteiger partial charge in [-0.3, -0.25) is 0 Å².